The molecule has 1 heterocycles. The van der Waals surface area contributed by atoms with E-state index in [4.69, 9.17) is 16.3 Å². The van der Waals surface area contributed by atoms with Crippen LogP contribution in [0, 0.1) is 0 Å². The lowest BCUT2D eigenvalue weighted by Crippen LogP contribution is -2.19. The van der Waals surface area contributed by atoms with Gasteiger partial charge in [-0.2, -0.15) is 0 Å². The molecule has 1 aliphatic heterocycles. The lowest BCUT2D eigenvalue weighted by atomic mass is 10.1. The summed E-state index contributed by atoms with van der Waals surface area (Å²) >= 11 is 5.84. The summed E-state index contributed by atoms with van der Waals surface area (Å²) in [6, 6.07) is 15.6. The number of benzene rings is 2. The van der Waals surface area contributed by atoms with Crippen LogP contribution in [0.25, 0.3) is 0 Å². The summed E-state index contributed by atoms with van der Waals surface area (Å²) in [5.74, 6) is 1.80. The Kier molecular flexibility index (Phi) is 3.88. The standard InChI is InChI=1S/C16H15ClN2O/c17-14-5-7-15(8-6-14)20-11-12-1-3-13(4-2-12)16-18-9-10-19-16/h1-8H,9-11H2,(H,18,19). The van der Waals surface area contributed by atoms with E-state index in [1.54, 1.807) is 0 Å². The second-order valence-corrected chi connectivity index (χ2v) is 5.03. The van der Waals surface area contributed by atoms with Crippen LogP contribution in [0.3, 0.4) is 0 Å². The number of ether oxygens (including phenoxy) is 1. The maximum absolute atomic E-state index is 5.84. The lowest BCUT2D eigenvalue weighted by Gasteiger charge is -2.07. The van der Waals surface area contributed by atoms with E-state index in [2.05, 4.69) is 34.6 Å². The summed E-state index contributed by atoms with van der Waals surface area (Å²) in [5, 5.41) is 3.98. The normalized spacial score (nSPS) is 13.8. The van der Waals surface area contributed by atoms with Gasteiger partial charge in [0.25, 0.3) is 0 Å². The summed E-state index contributed by atoms with van der Waals surface area (Å²) in [6.45, 7) is 2.33. The minimum absolute atomic E-state index is 0.543. The smallest absolute Gasteiger partial charge is 0.128 e. The molecule has 0 saturated carbocycles. The zero-order valence-corrected chi connectivity index (χ0v) is 11.7. The van der Waals surface area contributed by atoms with Gasteiger partial charge in [-0.05, 0) is 29.8 Å². The van der Waals surface area contributed by atoms with Crippen molar-refractivity contribution in [2.75, 3.05) is 13.1 Å². The van der Waals surface area contributed by atoms with Crippen LogP contribution in [0.5, 0.6) is 5.75 Å². The highest BCUT2D eigenvalue weighted by Gasteiger charge is 2.07. The maximum Gasteiger partial charge on any atom is 0.128 e. The van der Waals surface area contributed by atoms with E-state index < -0.39 is 0 Å². The van der Waals surface area contributed by atoms with Gasteiger partial charge < -0.3 is 10.1 Å². The third kappa shape index (κ3) is 3.11. The largest absolute Gasteiger partial charge is 0.489 e. The number of rotatable bonds is 4. The molecule has 0 radical (unpaired) electrons. The van der Waals surface area contributed by atoms with Gasteiger partial charge in [0, 0.05) is 17.1 Å². The van der Waals surface area contributed by atoms with Gasteiger partial charge in [-0.15, -0.1) is 0 Å². The van der Waals surface area contributed by atoms with Crippen LogP contribution >= 0.6 is 11.6 Å². The number of nitrogens with one attached hydrogen (secondary N) is 1. The number of hydrogen-bond donors (Lipinski definition) is 1. The number of amidine groups is 1. The van der Waals surface area contributed by atoms with Gasteiger partial charge in [0.05, 0.1) is 6.54 Å². The minimum Gasteiger partial charge on any atom is -0.489 e. The fourth-order valence-corrected chi connectivity index (χ4v) is 2.17. The third-order valence-corrected chi connectivity index (χ3v) is 3.37. The van der Waals surface area contributed by atoms with Crippen molar-refractivity contribution in [1.29, 1.82) is 0 Å². The Balaban J connectivity index is 1.62. The summed E-state index contributed by atoms with van der Waals surface area (Å²) in [4.78, 5) is 4.40. The number of halogens is 1. The van der Waals surface area contributed by atoms with Crippen LogP contribution in [-0.2, 0) is 6.61 Å². The summed E-state index contributed by atoms with van der Waals surface area (Å²) in [6.07, 6.45) is 0. The monoisotopic (exact) mass is 286 g/mol. The molecule has 0 aromatic heterocycles. The van der Waals surface area contributed by atoms with Crippen molar-refractivity contribution in [2.24, 2.45) is 4.99 Å². The van der Waals surface area contributed by atoms with Gasteiger partial charge in [0.1, 0.15) is 18.2 Å². The van der Waals surface area contributed by atoms with Crippen LogP contribution < -0.4 is 10.1 Å². The third-order valence-electron chi connectivity index (χ3n) is 3.12. The zero-order valence-electron chi connectivity index (χ0n) is 11.0. The first kappa shape index (κ1) is 13.0. The Bertz CT molecular complexity index is 605. The Hall–Kier alpha value is -2.00. The van der Waals surface area contributed by atoms with E-state index in [0.717, 1.165) is 35.8 Å². The number of aliphatic imine (C=N–C) groups is 1. The predicted octanol–water partition coefficient (Wildman–Crippen LogP) is 3.27. The first-order valence-corrected chi connectivity index (χ1v) is 6.95. The van der Waals surface area contributed by atoms with E-state index in [1.807, 2.05) is 24.3 Å². The van der Waals surface area contributed by atoms with Crippen LogP contribution in [0.15, 0.2) is 53.5 Å². The van der Waals surface area contributed by atoms with E-state index >= 15 is 0 Å². The molecule has 1 N–H and O–H groups in total. The highest BCUT2D eigenvalue weighted by Crippen LogP contribution is 2.17. The Morgan fingerprint density at radius 3 is 2.45 bits per heavy atom. The van der Waals surface area contributed by atoms with Crippen LogP contribution in [0.4, 0.5) is 0 Å². The molecule has 0 fully saturated rings. The van der Waals surface area contributed by atoms with Crippen molar-refractivity contribution in [2.45, 2.75) is 6.61 Å². The lowest BCUT2D eigenvalue weighted by molar-refractivity contribution is 0.306. The van der Waals surface area contributed by atoms with Crippen LogP contribution in [-0.4, -0.2) is 18.9 Å². The molecule has 3 rings (SSSR count). The summed E-state index contributed by atoms with van der Waals surface area (Å²) < 4.78 is 5.71. The highest BCUT2D eigenvalue weighted by atomic mass is 35.5. The molecule has 0 aliphatic carbocycles. The van der Waals surface area contributed by atoms with E-state index in [1.165, 1.54) is 0 Å². The molecule has 2 aromatic carbocycles. The maximum atomic E-state index is 5.84. The average Bonchev–Trinajstić information content (AvgIpc) is 3.01. The number of hydrogen-bond acceptors (Lipinski definition) is 3. The molecule has 0 amide bonds. The molecule has 0 saturated heterocycles. The van der Waals surface area contributed by atoms with Gasteiger partial charge in [0.2, 0.25) is 0 Å². The van der Waals surface area contributed by atoms with E-state index in [0.29, 0.717) is 11.6 Å². The van der Waals surface area contributed by atoms with Gasteiger partial charge >= 0.3 is 0 Å². The molecular weight excluding hydrogens is 272 g/mol. The summed E-state index contributed by atoms with van der Waals surface area (Å²) in [7, 11) is 0. The minimum atomic E-state index is 0.543. The molecule has 0 unspecified atom stereocenters. The fraction of sp³-hybridized carbons (Fsp3) is 0.188. The van der Waals surface area contributed by atoms with Gasteiger partial charge in [-0.25, -0.2) is 0 Å². The SMILES string of the molecule is Clc1ccc(OCc2ccc(C3=NCCN3)cc2)cc1. The Morgan fingerprint density at radius 1 is 1.05 bits per heavy atom. The van der Waals surface area contributed by atoms with Crippen LogP contribution in [0.2, 0.25) is 5.02 Å². The molecule has 4 heteroatoms. The van der Waals surface area contributed by atoms with Gasteiger partial charge in [-0.3, -0.25) is 4.99 Å². The first-order chi connectivity index (χ1) is 9.81. The molecule has 0 spiro atoms. The average molecular weight is 287 g/mol. The quantitative estimate of drug-likeness (QED) is 0.936. The molecule has 20 heavy (non-hydrogen) atoms. The molecule has 1 aliphatic rings. The second kappa shape index (κ2) is 5.97. The van der Waals surface area contributed by atoms with Crippen molar-refractivity contribution in [3.8, 4) is 5.75 Å². The zero-order chi connectivity index (χ0) is 13.8. The molecule has 102 valence electrons. The Labute approximate surface area is 123 Å². The topological polar surface area (TPSA) is 33.6 Å². The van der Waals surface area contributed by atoms with Crippen molar-refractivity contribution >= 4 is 17.4 Å². The number of nitrogens with zero attached hydrogens (tertiary/aromatic N) is 1. The second-order valence-electron chi connectivity index (χ2n) is 4.60. The van der Waals surface area contributed by atoms with Crippen LogP contribution in [0.1, 0.15) is 11.1 Å². The van der Waals surface area contributed by atoms with E-state index in [9.17, 15) is 0 Å². The Morgan fingerprint density at radius 2 is 1.80 bits per heavy atom. The summed E-state index contributed by atoms with van der Waals surface area (Å²) in [5.41, 5.74) is 2.25. The van der Waals surface area contributed by atoms with Gasteiger partial charge in [-0.1, -0.05) is 35.9 Å². The molecule has 0 bridgehead atoms. The van der Waals surface area contributed by atoms with Crippen molar-refractivity contribution in [3.63, 3.8) is 0 Å². The van der Waals surface area contributed by atoms with Crippen molar-refractivity contribution < 1.29 is 4.74 Å². The fourth-order valence-electron chi connectivity index (χ4n) is 2.05. The van der Waals surface area contributed by atoms with Crippen molar-refractivity contribution in [3.05, 3.63) is 64.7 Å². The predicted molar refractivity (Wildman–Crippen MR) is 81.6 cm³/mol. The highest BCUT2D eigenvalue weighted by molar-refractivity contribution is 6.30. The molecule has 0 atom stereocenters. The molecule has 2 aromatic rings. The van der Waals surface area contributed by atoms with Crippen molar-refractivity contribution in [1.82, 2.24) is 5.32 Å². The van der Waals surface area contributed by atoms with Gasteiger partial charge in [0.15, 0.2) is 0 Å². The first-order valence-electron chi connectivity index (χ1n) is 6.57. The van der Waals surface area contributed by atoms with E-state index in [-0.39, 0.29) is 0 Å². The molecular formula is C16H15ClN2O. The molecule has 3 nitrogen and oxygen atoms in total.